The predicted octanol–water partition coefficient (Wildman–Crippen LogP) is 3.25. The summed E-state index contributed by atoms with van der Waals surface area (Å²) in [5.74, 6) is -0.287. The zero-order valence-corrected chi connectivity index (χ0v) is 13.2. The molecule has 0 saturated heterocycles. The Morgan fingerprint density at radius 3 is 2.32 bits per heavy atom. The van der Waals surface area contributed by atoms with Crippen molar-refractivity contribution in [3.8, 4) is 0 Å². The van der Waals surface area contributed by atoms with Crippen molar-refractivity contribution in [3.63, 3.8) is 0 Å². The van der Waals surface area contributed by atoms with Crippen molar-refractivity contribution in [2.45, 2.75) is 25.3 Å². The van der Waals surface area contributed by atoms with E-state index in [-0.39, 0.29) is 29.2 Å². The highest BCUT2D eigenvalue weighted by atomic mass is 16.6. The van der Waals surface area contributed by atoms with E-state index in [0.717, 1.165) is 16.7 Å². The van der Waals surface area contributed by atoms with Gasteiger partial charge in [0.2, 0.25) is 5.91 Å². The third-order valence-electron chi connectivity index (χ3n) is 4.98. The van der Waals surface area contributed by atoms with Crippen LogP contribution in [0.25, 0.3) is 0 Å². The second kappa shape index (κ2) is 5.10. The molecule has 1 amide bonds. The van der Waals surface area contributed by atoms with Gasteiger partial charge < -0.3 is 4.90 Å². The van der Waals surface area contributed by atoms with Crippen molar-refractivity contribution in [1.82, 2.24) is 0 Å². The smallest absolute Gasteiger partial charge is 0.271 e. The normalized spacial score (nSPS) is 20.0. The van der Waals surface area contributed by atoms with E-state index in [2.05, 4.69) is 0 Å². The number of fused-ring (bicyclic) bond motifs is 5. The van der Waals surface area contributed by atoms with Gasteiger partial charge in [0.25, 0.3) is 11.4 Å². The van der Waals surface area contributed by atoms with Crippen LogP contribution in [0.4, 0.5) is 17.1 Å². The van der Waals surface area contributed by atoms with Crippen molar-refractivity contribution in [3.05, 3.63) is 73.3 Å². The van der Waals surface area contributed by atoms with Crippen LogP contribution in [-0.2, 0) is 11.2 Å². The topological polar surface area (TPSA) is 107 Å². The summed E-state index contributed by atoms with van der Waals surface area (Å²) in [6.07, 6.45) is 0.645. The van der Waals surface area contributed by atoms with Crippen LogP contribution in [0.15, 0.2) is 36.4 Å². The Balaban J connectivity index is 1.88. The summed E-state index contributed by atoms with van der Waals surface area (Å²) < 4.78 is 0. The van der Waals surface area contributed by atoms with Gasteiger partial charge in [-0.3, -0.25) is 25.0 Å². The summed E-state index contributed by atoms with van der Waals surface area (Å²) in [4.78, 5) is 35.0. The first-order valence-electron chi connectivity index (χ1n) is 7.74. The van der Waals surface area contributed by atoms with Crippen molar-refractivity contribution in [2.75, 3.05) is 4.90 Å². The average Bonchev–Trinajstić information content (AvgIpc) is 3.07. The number of amides is 1. The van der Waals surface area contributed by atoms with Gasteiger partial charge in [0, 0.05) is 37.1 Å². The second-order valence-electron chi connectivity index (χ2n) is 6.28. The van der Waals surface area contributed by atoms with Crippen LogP contribution < -0.4 is 4.90 Å². The molecule has 2 unspecified atom stereocenters. The predicted molar refractivity (Wildman–Crippen MR) is 88.5 cm³/mol. The van der Waals surface area contributed by atoms with Gasteiger partial charge in [-0.05, 0) is 29.2 Å². The number of anilines is 1. The molecule has 0 spiro atoms. The minimum absolute atomic E-state index is 0.0233. The lowest BCUT2D eigenvalue weighted by Gasteiger charge is -2.24. The molecule has 2 atom stereocenters. The zero-order chi connectivity index (χ0) is 17.9. The van der Waals surface area contributed by atoms with Crippen LogP contribution in [0.5, 0.6) is 0 Å². The number of carbonyl (C=O) groups excluding carboxylic acids is 1. The van der Waals surface area contributed by atoms with E-state index in [9.17, 15) is 25.0 Å². The molecule has 0 N–H and O–H groups in total. The van der Waals surface area contributed by atoms with Crippen LogP contribution in [0, 0.1) is 20.2 Å². The minimum atomic E-state index is -0.495. The molecular formula is C17H13N3O5. The Morgan fingerprint density at radius 2 is 1.68 bits per heavy atom. The fourth-order valence-corrected chi connectivity index (χ4v) is 4.00. The maximum Gasteiger partial charge on any atom is 0.271 e. The van der Waals surface area contributed by atoms with Crippen LogP contribution in [0.3, 0.4) is 0 Å². The Labute approximate surface area is 142 Å². The van der Waals surface area contributed by atoms with Gasteiger partial charge in [0.1, 0.15) is 0 Å². The molecule has 8 heteroatoms. The first-order chi connectivity index (χ1) is 11.9. The molecular weight excluding hydrogens is 326 g/mol. The lowest BCUT2D eigenvalue weighted by atomic mass is 9.95. The highest BCUT2D eigenvalue weighted by molar-refractivity contribution is 5.96. The lowest BCUT2D eigenvalue weighted by Crippen LogP contribution is -2.29. The Kier molecular flexibility index (Phi) is 3.11. The van der Waals surface area contributed by atoms with Crippen molar-refractivity contribution < 1.29 is 14.6 Å². The first-order valence-corrected chi connectivity index (χ1v) is 7.74. The summed E-state index contributed by atoms with van der Waals surface area (Å²) in [6, 6.07) is 8.88. The third-order valence-corrected chi connectivity index (χ3v) is 4.98. The molecule has 1 heterocycles. The SMILES string of the molecule is CC(=O)N1c2cc([N+](=O)[O-])ccc2C2Cc3ccc([N+](=O)[O-])cc3C21. The molecule has 8 nitrogen and oxygen atoms in total. The van der Waals surface area contributed by atoms with Gasteiger partial charge in [-0.1, -0.05) is 6.07 Å². The summed E-state index contributed by atoms with van der Waals surface area (Å²) in [5.41, 5.74) is 3.00. The number of benzene rings is 2. The van der Waals surface area contributed by atoms with Crippen molar-refractivity contribution in [2.24, 2.45) is 0 Å². The zero-order valence-electron chi connectivity index (χ0n) is 13.2. The summed E-state index contributed by atoms with van der Waals surface area (Å²) in [7, 11) is 0. The Hall–Kier alpha value is -3.29. The van der Waals surface area contributed by atoms with Gasteiger partial charge in [-0.25, -0.2) is 0 Å². The minimum Gasteiger partial charge on any atom is -0.304 e. The number of carbonyl (C=O) groups is 1. The molecule has 0 bridgehead atoms. The Morgan fingerprint density at radius 1 is 1.04 bits per heavy atom. The maximum absolute atomic E-state index is 12.3. The lowest BCUT2D eigenvalue weighted by molar-refractivity contribution is -0.385. The highest BCUT2D eigenvalue weighted by Gasteiger charge is 2.47. The van der Waals surface area contributed by atoms with E-state index in [1.807, 2.05) is 0 Å². The fraction of sp³-hybridized carbons (Fsp3) is 0.235. The molecule has 2 aliphatic rings. The van der Waals surface area contributed by atoms with E-state index in [4.69, 9.17) is 0 Å². The molecule has 4 rings (SSSR count). The molecule has 2 aromatic carbocycles. The maximum atomic E-state index is 12.3. The van der Waals surface area contributed by atoms with Gasteiger partial charge in [-0.15, -0.1) is 0 Å². The molecule has 1 aliphatic heterocycles. The summed E-state index contributed by atoms with van der Waals surface area (Å²) >= 11 is 0. The van der Waals surface area contributed by atoms with Crippen LogP contribution in [0.1, 0.15) is 35.6 Å². The molecule has 0 saturated carbocycles. The number of nitrogens with zero attached hydrogens (tertiary/aromatic N) is 3. The molecule has 0 aromatic heterocycles. The largest absolute Gasteiger partial charge is 0.304 e. The van der Waals surface area contributed by atoms with Crippen LogP contribution in [0.2, 0.25) is 0 Å². The monoisotopic (exact) mass is 339 g/mol. The second-order valence-corrected chi connectivity index (χ2v) is 6.28. The van der Waals surface area contributed by atoms with Crippen molar-refractivity contribution >= 4 is 23.0 Å². The molecule has 25 heavy (non-hydrogen) atoms. The van der Waals surface area contributed by atoms with E-state index >= 15 is 0 Å². The van der Waals surface area contributed by atoms with E-state index in [1.54, 1.807) is 12.1 Å². The first kappa shape index (κ1) is 15.3. The number of hydrogen-bond acceptors (Lipinski definition) is 5. The molecule has 2 aromatic rings. The molecule has 1 aliphatic carbocycles. The van der Waals surface area contributed by atoms with E-state index < -0.39 is 9.85 Å². The molecule has 0 fully saturated rings. The van der Waals surface area contributed by atoms with E-state index in [0.29, 0.717) is 12.1 Å². The van der Waals surface area contributed by atoms with Gasteiger partial charge in [0.05, 0.1) is 21.6 Å². The highest BCUT2D eigenvalue weighted by Crippen LogP contribution is 2.56. The molecule has 0 radical (unpaired) electrons. The average molecular weight is 339 g/mol. The van der Waals surface area contributed by atoms with Crippen LogP contribution in [-0.4, -0.2) is 15.8 Å². The number of hydrogen-bond donors (Lipinski definition) is 0. The molecule has 126 valence electrons. The number of rotatable bonds is 2. The Bertz CT molecular complexity index is 955. The quantitative estimate of drug-likeness (QED) is 0.616. The third kappa shape index (κ3) is 2.10. The van der Waals surface area contributed by atoms with Gasteiger partial charge in [0.15, 0.2) is 0 Å². The van der Waals surface area contributed by atoms with Crippen molar-refractivity contribution in [1.29, 1.82) is 0 Å². The van der Waals surface area contributed by atoms with Gasteiger partial charge >= 0.3 is 0 Å². The van der Waals surface area contributed by atoms with Gasteiger partial charge in [-0.2, -0.15) is 0 Å². The number of nitro benzene ring substituents is 2. The summed E-state index contributed by atoms with van der Waals surface area (Å²) in [5, 5.41) is 22.2. The standard InChI is InChI=1S/C17H13N3O5/c1-9(21)18-16-8-12(20(24)25)4-5-13(16)15-6-10-2-3-11(19(22)23)7-14(10)17(15)18/h2-5,7-8,15,17H,6H2,1H3. The number of non-ortho nitro benzene ring substituents is 2. The van der Waals surface area contributed by atoms with Crippen LogP contribution >= 0.6 is 0 Å². The van der Waals surface area contributed by atoms with E-state index in [1.165, 1.54) is 36.1 Å². The fourth-order valence-electron chi connectivity index (χ4n) is 4.00. The summed E-state index contributed by atoms with van der Waals surface area (Å²) in [6.45, 7) is 1.40. The number of nitro groups is 2.